The number of hydrogen-bond donors (Lipinski definition) is 2. The van der Waals surface area contributed by atoms with Crippen molar-refractivity contribution in [3.8, 4) is 5.88 Å². The largest absolute Gasteiger partial charge is 0.474 e. The van der Waals surface area contributed by atoms with Crippen LogP contribution in [0.1, 0.15) is 44.6 Å². The second-order valence-electron chi connectivity index (χ2n) is 7.30. The molecule has 158 valence electrons. The molecule has 0 atom stereocenters. The number of likely N-dealkylation sites (N-methyl/N-ethyl adjacent to an activating group) is 1. The summed E-state index contributed by atoms with van der Waals surface area (Å²) in [7, 11) is 3.87. The van der Waals surface area contributed by atoms with E-state index in [-0.39, 0.29) is 0 Å². The van der Waals surface area contributed by atoms with Gasteiger partial charge >= 0.3 is 0 Å². The van der Waals surface area contributed by atoms with E-state index in [9.17, 15) is 0 Å². The summed E-state index contributed by atoms with van der Waals surface area (Å²) in [5.41, 5.74) is 1.08. The smallest absolute Gasteiger partial charge is 0.213 e. The van der Waals surface area contributed by atoms with Crippen molar-refractivity contribution in [3.05, 3.63) is 23.9 Å². The highest BCUT2D eigenvalue weighted by atomic mass is 16.5. The predicted molar refractivity (Wildman–Crippen MR) is 114 cm³/mol. The van der Waals surface area contributed by atoms with Crippen LogP contribution in [0.4, 0.5) is 0 Å². The number of rotatable bonds is 12. The van der Waals surface area contributed by atoms with Crippen molar-refractivity contribution in [2.45, 2.75) is 51.7 Å². The lowest BCUT2D eigenvalue weighted by molar-refractivity contribution is 0.180. The van der Waals surface area contributed by atoms with Gasteiger partial charge in [0.25, 0.3) is 0 Å². The molecule has 7 heteroatoms. The molecule has 1 aromatic rings. The molecule has 2 rings (SSSR count). The molecule has 1 saturated carbocycles. The number of methoxy groups -OCH3 is 1. The summed E-state index contributed by atoms with van der Waals surface area (Å²) in [6.45, 7) is 7.15. The van der Waals surface area contributed by atoms with E-state index in [0.29, 0.717) is 12.6 Å². The van der Waals surface area contributed by atoms with E-state index in [4.69, 9.17) is 9.47 Å². The second-order valence-corrected chi connectivity index (χ2v) is 7.30. The normalized spacial score (nSPS) is 15.2. The van der Waals surface area contributed by atoms with Crippen molar-refractivity contribution in [3.63, 3.8) is 0 Å². The van der Waals surface area contributed by atoms with Gasteiger partial charge < -0.3 is 25.0 Å². The molecule has 0 bridgehead atoms. The molecule has 1 fully saturated rings. The van der Waals surface area contributed by atoms with Gasteiger partial charge in [-0.3, -0.25) is 0 Å². The lowest BCUT2D eigenvalue weighted by atomic mass is 10.3. The van der Waals surface area contributed by atoms with E-state index < -0.39 is 0 Å². The molecule has 0 unspecified atom stereocenters. The van der Waals surface area contributed by atoms with Gasteiger partial charge in [-0.15, -0.1) is 0 Å². The first-order chi connectivity index (χ1) is 13.7. The van der Waals surface area contributed by atoms with E-state index in [1.807, 2.05) is 18.3 Å². The molecule has 0 amide bonds. The molecular weight excluding hydrogens is 354 g/mol. The van der Waals surface area contributed by atoms with Crippen LogP contribution in [0.2, 0.25) is 0 Å². The number of aromatic nitrogens is 1. The van der Waals surface area contributed by atoms with E-state index in [1.165, 1.54) is 12.8 Å². The third-order valence-corrected chi connectivity index (χ3v) is 4.83. The fourth-order valence-electron chi connectivity index (χ4n) is 3.22. The Morgan fingerprint density at radius 3 is 2.75 bits per heavy atom. The van der Waals surface area contributed by atoms with Gasteiger partial charge in [0.1, 0.15) is 6.10 Å². The molecule has 1 aliphatic rings. The van der Waals surface area contributed by atoms with Crippen LogP contribution in [-0.4, -0.2) is 68.9 Å². The zero-order chi connectivity index (χ0) is 20.0. The first kappa shape index (κ1) is 22.4. The maximum atomic E-state index is 5.92. The molecule has 28 heavy (non-hydrogen) atoms. The standard InChI is InChI=1S/C21H37N5O2/c1-4-22-21(23-12-14-26(2)13-7-15-27-3)25-17-18-10-11-20(24-16-18)28-19-8-5-6-9-19/h10-11,16,19H,4-9,12-15,17H2,1-3H3,(H2,22,23,25). The van der Waals surface area contributed by atoms with Crippen LogP contribution in [-0.2, 0) is 11.3 Å². The first-order valence-electron chi connectivity index (χ1n) is 10.5. The average Bonchev–Trinajstić information content (AvgIpc) is 3.20. The Morgan fingerprint density at radius 2 is 2.07 bits per heavy atom. The molecule has 1 heterocycles. The fourth-order valence-corrected chi connectivity index (χ4v) is 3.22. The third-order valence-electron chi connectivity index (χ3n) is 4.83. The highest BCUT2D eigenvalue weighted by molar-refractivity contribution is 5.79. The maximum absolute atomic E-state index is 5.92. The summed E-state index contributed by atoms with van der Waals surface area (Å²) in [6, 6.07) is 4.01. The van der Waals surface area contributed by atoms with Gasteiger partial charge in [0.15, 0.2) is 5.96 Å². The van der Waals surface area contributed by atoms with Crippen LogP contribution in [0.15, 0.2) is 23.3 Å². The summed E-state index contributed by atoms with van der Waals surface area (Å²) in [5.74, 6) is 1.56. The summed E-state index contributed by atoms with van der Waals surface area (Å²) >= 11 is 0. The summed E-state index contributed by atoms with van der Waals surface area (Å²) < 4.78 is 11.0. The van der Waals surface area contributed by atoms with E-state index in [0.717, 1.165) is 69.5 Å². The van der Waals surface area contributed by atoms with Crippen molar-refractivity contribution in [1.29, 1.82) is 0 Å². The van der Waals surface area contributed by atoms with Gasteiger partial charge in [0.2, 0.25) is 5.88 Å². The maximum Gasteiger partial charge on any atom is 0.213 e. The molecule has 7 nitrogen and oxygen atoms in total. The monoisotopic (exact) mass is 391 g/mol. The van der Waals surface area contributed by atoms with Crippen LogP contribution in [0.3, 0.4) is 0 Å². The lowest BCUT2D eigenvalue weighted by Gasteiger charge is -2.18. The van der Waals surface area contributed by atoms with Gasteiger partial charge in [-0.25, -0.2) is 9.98 Å². The molecule has 1 aliphatic carbocycles. The highest BCUT2D eigenvalue weighted by Crippen LogP contribution is 2.22. The molecular formula is C21H37N5O2. The van der Waals surface area contributed by atoms with Crippen LogP contribution < -0.4 is 15.4 Å². The summed E-state index contributed by atoms with van der Waals surface area (Å²) in [6.07, 6.45) is 8.07. The highest BCUT2D eigenvalue weighted by Gasteiger charge is 2.16. The van der Waals surface area contributed by atoms with Crippen LogP contribution in [0.5, 0.6) is 5.88 Å². The van der Waals surface area contributed by atoms with E-state index >= 15 is 0 Å². The van der Waals surface area contributed by atoms with Crippen LogP contribution in [0.25, 0.3) is 0 Å². The van der Waals surface area contributed by atoms with Crippen LogP contribution in [0, 0.1) is 0 Å². The van der Waals surface area contributed by atoms with Crippen molar-refractivity contribution in [2.75, 3.05) is 46.9 Å². The Balaban J connectivity index is 1.74. The van der Waals surface area contributed by atoms with Gasteiger partial charge in [-0.05, 0) is 51.6 Å². The Hall–Kier alpha value is -1.86. The number of pyridine rings is 1. The molecule has 0 aromatic carbocycles. The topological polar surface area (TPSA) is 71.0 Å². The Bertz CT molecular complexity index is 558. The van der Waals surface area contributed by atoms with E-state index in [1.54, 1.807) is 7.11 Å². The average molecular weight is 392 g/mol. The van der Waals surface area contributed by atoms with E-state index in [2.05, 4.69) is 39.5 Å². The zero-order valence-electron chi connectivity index (χ0n) is 17.7. The zero-order valence-corrected chi connectivity index (χ0v) is 17.7. The molecule has 0 saturated heterocycles. The third kappa shape index (κ3) is 8.89. The number of guanidine groups is 1. The molecule has 1 aromatic heterocycles. The number of ether oxygens (including phenoxy) is 2. The Morgan fingerprint density at radius 1 is 1.25 bits per heavy atom. The van der Waals surface area contributed by atoms with Crippen LogP contribution >= 0.6 is 0 Å². The Labute approximate surface area is 169 Å². The van der Waals surface area contributed by atoms with Crippen molar-refractivity contribution in [2.24, 2.45) is 4.99 Å². The van der Waals surface area contributed by atoms with Gasteiger partial charge in [0, 0.05) is 52.2 Å². The number of nitrogens with zero attached hydrogens (tertiary/aromatic N) is 3. The van der Waals surface area contributed by atoms with Crippen molar-refractivity contribution in [1.82, 2.24) is 20.5 Å². The first-order valence-corrected chi connectivity index (χ1v) is 10.5. The summed E-state index contributed by atoms with van der Waals surface area (Å²) in [5, 5.41) is 6.69. The van der Waals surface area contributed by atoms with Gasteiger partial charge in [0.05, 0.1) is 6.54 Å². The molecule has 0 aliphatic heterocycles. The molecule has 0 spiro atoms. The van der Waals surface area contributed by atoms with Gasteiger partial charge in [-0.1, -0.05) is 6.07 Å². The number of aliphatic imine (C=N–C) groups is 1. The van der Waals surface area contributed by atoms with Crippen molar-refractivity contribution < 1.29 is 9.47 Å². The summed E-state index contributed by atoms with van der Waals surface area (Å²) in [4.78, 5) is 11.4. The fraction of sp³-hybridized carbons (Fsp3) is 0.714. The SMILES string of the molecule is CCNC(=NCc1ccc(OC2CCCC2)nc1)NCCN(C)CCCOC. The second kappa shape index (κ2) is 13.3. The molecule has 0 radical (unpaired) electrons. The Kier molecular flexibility index (Phi) is 10.7. The lowest BCUT2D eigenvalue weighted by Crippen LogP contribution is -2.41. The predicted octanol–water partition coefficient (Wildman–Crippen LogP) is 2.43. The minimum absolute atomic E-state index is 0.341. The minimum atomic E-state index is 0.341. The van der Waals surface area contributed by atoms with Gasteiger partial charge in [-0.2, -0.15) is 0 Å². The minimum Gasteiger partial charge on any atom is -0.474 e. The number of nitrogens with one attached hydrogen (secondary N) is 2. The molecule has 2 N–H and O–H groups in total. The quantitative estimate of drug-likeness (QED) is 0.324. The van der Waals surface area contributed by atoms with Crippen molar-refractivity contribution >= 4 is 5.96 Å². The number of hydrogen-bond acceptors (Lipinski definition) is 5.